The molecule has 0 aliphatic carbocycles. The summed E-state index contributed by atoms with van der Waals surface area (Å²) in [5.41, 5.74) is 8.22. The van der Waals surface area contributed by atoms with Crippen LogP contribution in [0.2, 0.25) is 0 Å². The highest BCUT2D eigenvalue weighted by Crippen LogP contribution is 2.16. The molecule has 4 heteroatoms. The predicted octanol–water partition coefficient (Wildman–Crippen LogP) is 2.51. The highest BCUT2D eigenvalue weighted by Gasteiger charge is 2.05. The van der Waals surface area contributed by atoms with Gasteiger partial charge in [0.1, 0.15) is 5.78 Å². The Hall–Kier alpha value is -0.540. The van der Waals surface area contributed by atoms with Gasteiger partial charge in [-0.2, -0.15) is 0 Å². The van der Waals surface area contributed by atoms with Gasteiger partial charge in [0.25, 0.3) is 0 Å². The standard InChI is InChI=1S/C10H11BrClNO/c11-5-9(14)4-8-3-7(6-12)1-2-10(8)13/h1-3H,4-6,13H2. The van der Waals surface area contributed by atoms with E-state index in [1.54, 1.807) is 6.07 Å². The van der Waals surface area contributed by atoms with Gasteiger partial charge in [0.2, 0.25) is 0 Å². The summed E-state index contributed by atoms with van der Waals surface area (Å²) >= 11 is 8.80. The fourth-order valence-corrected chi connectivity index (χ4v) is 1.52. The number of hydrogen-bond acceptors (Lipinski definition) is 2. The minimum absolute atomic E-state index is 0.114. The molecule has 0 aliphatic heterocycles. The van der Waals surface area contributed by atoms with Crippen LogP contribution < -0.4 is 5.73 Å². The maximum Gasteiger partial charge on any atom is 0.147 e. The van der Waals surface area contributed by atoms with Crippen molar-refractivity contribution in [2.24, 2.45) is 0 Å². The molecular weight excluding hydrogens is 265 g/mol. The Morgan fingerprint density at radius 1 is 1.50 bits per heavy atom. The summed E-state index contributed by atoms with van der Waals surface area (Å²) in [6, 6.07) is 5.53. The second-order valence-electron chi connectivity index (χ2n) is 3.02. The summed E-state index contributed by atoms with van der Waals surface area (Å²) < 4.78 is 0. The van der Waals surface area contributed by atoms with Gasteiger partial charge >= 0.3 is 0 Å². The van der Waals surface area contributed by atoms with Crippen molar-refractivity contribution in [1.82, 2.24) is 0 Å². The number of hydrogen-bond donors (Lipinski definition) is 1. The van der Waals surface area contributed by atoms with E-state index in [9.17, 15) is 4.79 Å². The van der Waals surface area contributed by atoms with E-state index in [2.05, 4.69) is 15.9 Å². The van der Waals surface area contributed by atoms with Gasteiger partial charge in [-0.15, -0.1) is 11.6 Å². The third-order valence-corrected chi connectivity index (χ3v) is 2.83. The Labute approximate surface area is 96.6 Å². The number of benzene rings is 1. The SMILES string of the molecule is Nc1ccc(CCl)cc1CC(=O)CBr. The third-order valence-electron chi connectivity index (χ3n) is 1.90. The van der Waals surface area contributed by atoms with Gasteiger partial charge in [-0.25, -0.2) is 0 Å². The van der Waals surface area contributed by atoms with Gasteiger partial charge in [-0.1, -0.05) is 28.1 Å². The van der Waals surface area contributed by atoms with Gasteiger partial charge in [0.05, 0.1) is 5.33 Å². The molecular formula is C10H11BrClNO. The first-order valence-corrected chi connectivity index (χ1v) is 5.84. The van der Waals surface area contributed by atoms with Crippen LogP contribution >= 0.6 is 27.5 Å². The monoisotopic (exact) mass is 275 g/mol. The lowest BCUT2D eigenvalue weighted by Crippen LogP contribution is -2.06. The second kappa shape index (κ2) is 5.37. The van der Waals surface area contributed by atoms with Crippen LogP contribution in [0, 0.1) is 0 Å². The minimum atomic E-state index is 0.114. The molecule has 2 nitrogen and oxygen atoms in total. The number of Topliss-reactive ketones (excluding diaryl/α,β-unsaturated/α-hetero) is 1. The molecule has 1 rings (SSSR count). The molecule has 2 N–H and O–H groups in total. The maximum atomic E-state index is 11.2. The molecule has 0 aliphatic rings. The topological polar surface area (TPSA) is 43.1 Å². The van der Waals surface area contributed by atoms with E-state index in [0.717, 1.165) is 11.1 Å². The molecule has 0 atom stereocenters. The summed E-state index contributed by atoms with van der Waals surface area (Å²) in [5.74, 6) is 0.555. The molecule has 0 aromatic heterocycles. The van der Waals surface area contributed by atoms with Gasteiger partial charge in [0, 0.05) is 18.0 Å². The Morgan fingerprint density at radius 3 is 2.79 bits per heavy atom. The molecule has 1 aromatic carbocycles. The van der Waals surface area contributed by atoms with Gasteiger partial charge in [-0.3, -0.25) is 4.79 Å². The quantitative estimate of drug-likeness (QED) is 0.678. The summed E-state index contributed by atoms with van der Waals surface area (Å²) in [6.07, 6.45) is 0.363. The molecule has 0 saturated carbocycles. The van der Waals surface area contributed by atoms with E-state index >= 15 is 0 Å². The Kier molecular flexibility index (Phi) is 4.42. The van der Waals surface area contributed by atoms with Crippen molar-refractivity contribution < 1.29 is 4.79 Å². The smallest absolute Gasteiger partial charge is 0.147 e. The zero-order valence-electron chi connectivity index (χ0n) is 7.59. The van der Waals surface area contributed by atoms with Crippen LogP contribution in [0.1, 0.15) is 11.1 Å². The molecule has 0 bridgehead atoms. The van der Waals surface area contributed by atoms with E-state index in [0.29, 0.717) is 23.3 Å². The van der Waals surface area contributed by atoms with Crippen LogP contribution in [-0.4, -0.2) is 11.1 Å². The molecule has 14 heavy (non-hydrogen) atoms. The summed E-state index contributed by atoms with van der Waals surface area (Å²) in [6.45, 7) is 0. The second-order valence-corrected chi connectivity index (χ2v) is 3.84. The van der Waals surface area contributed by atoms with Gasteiger partial charge < -0.3 is 5.73 Å². The highest BCUT2D eigenvalue weighted by molar-refractivity contribution is 9.09. The number of halogens is 2. The number of carbonyl (C=O) groups excluding carboxylic acids is 1. The number of carbonyl (C=O) groups is 1. The first kappa shape index (κ1) is 11.5. The van der Waals surface area contributed by atoms with Gasteiger partial charge in [0.15, 0.2) is 0 Å². The largest absolute Gasteiger partial charge is 0.398 e. The highest BCUT2D eigenvalue weighted by atomic mass is 79.9. The summed E-state index contributed by atoms with van der Waals surface area (Å²) in [7, 11) is 0. The van der Waals surface area contributed by atoms with E-state index in [1.807, 2.05) is 12.1 Å². The molecule has 1 aromatic rings. The lowest BCUT2D eigenvalue weighted by atomic mass is 10.0. The lowest BCUT2D eigenvalue weighted by molar-refractivity contribution is -0.115. The summed E-state index contributed by atoms with van der Waals surface area (Å²) in [4.78, 5) is 11.2. The number of alkyl halides is 2. The fraction of sp³-hybridized carbons (Fsp3) is 0.300. The van der Waals surface area contributed by atoms with Crippen LogP contribution in [0.25, 0.3) is 0 Å². The number of anilines is 1. The van der Waals surface area contributed by atoms with Crippen molar-refractivity contribution in [3.05, 3.63) is 29.3 Å². The van der Waals surface area contributed by atoms with Crippen molar-refractivity contribution in [2.45, 2.75) is 12.3 Å². The molecule has 0 fully saturated rings. The van der Waals surface area contributed by atoms with Crippen molar-refractivity contribution in [3.63, 3.8) is 0 Å². The molecule has 76 valence electrons. The predicted molar refractivity (Wildman–Crippen MR) is 62.9 cm³/mol. The van der Waals surface area contributed by atoms with E-state index in [-0.39, 0.29) is 5.78 Å². The normalized spacial score (nSPS) is 10.1. The zero-order valence-corrected chi connectivity index (χ0v) is 9.94. The van der Waals surface area contributed by atoms with E-state index < -0.39 is 0 Å². The first-order valence-electron chi connectivity index (χ1n) is 4.18. The minimum Gasteiger partial charge on any atom is -0.398 e. The average Bonchev–Trinajstić information content (AvgIpc) is 2.21. The summed E-state index contributed by atoms with van der Waals surface area (Å²) in [5, 5.41) is 0.359. The zero-order chi connectivity index (χ0) is 10.6. The van der Waals surface area contributed by atoms with Crippen LogP contribution in [0.4, 0.5) is 5.69 Å². The van der Waals surface area contributed by atoms with Crippen molar-refractivity contribution >= 4 is 39.0 Å². The molecule has 0 heterocycles. The molecule has 0 amide bonds. The van der Waals surface area contributed by atoms with Crippen molar-refractivity contribution in [3.8, 4) is 0 Å². The molecule has 0 saturated heterocycles. The lowest BCUT2D eigenvalue weighted by Gasteiger charge is -2.05. The molecule has 0 spiro atoms. The number of nitrogens with two attached hydrogens (primary N) is 1. The van der Waals surface area contributed by atoms with Crippen LogP contribution in [0.3, 0.4) is 0 Å². The van der Waals surface area contributed by atoms with Gasteiger partial charge in [-0.05, 0) is 17.2 Å². The third kappa shape index (κ3) is 3.00. The molecule has 0 radical (unpaired) electrons. The van der Waals surface area contributed by atoms with E-state index in [1.165, 1.54) is 0 Å². The van der Waals surface area contributed by atoms with Crippen molar-refractivity contribution in [1.29, 1.82) is 0 Å². The van der Waals surface area contributed by atoms with E-state index in [4.69, 9.17) is 17.3 Å². The Balaban J connectivity index is 2.89. The maximum absolute atomic E-state index is 11.2. The number of rotatable bonds is 4. The first-order chi connectivity index (χ1) is 6.67. The average molecular weight is 277 g/mol. The Morgan fingerprint density at radius 2 is 2.21 bits per heavy atom. The fourth-order valence-electron chi connectivity index (χ4n) is 1.15. The van der Waals surface area contributed by atoms with Crippen LogP contribution in [-0.2, 0) is 17.1 Å². The number of nitrogen functional groups attached to an aromatic ring is 1. The van der Waals surface area contributed by atoms with Crippen molar-refractivity contribution in [2.75, 3.05) is 11.1 Å². The van der Waals surface area contributed by atoms with Crippen LogP contribution in [0.15, 0.2) is 18.2 Å². The Bertz CT molecular complexity index is 341. The van der Waals surface area contributed by atoms with Crippen LogP contribution in [0.5, 0.6) is 0 Å². The molecule has 0 unspecified atom stereocenters. The number of ketones is 1.